The summed E-state index contributed by atoms with van der Waals surface area (Å²) in [4.78, 5) is 0. The number of hydrogen-bond donors (Lipinski definition) is 0. The van der Waals surface area contributed by atoms with Gasteiger partial charge in [0.2, 0.25) is 0 Å². The van der Waals surface area contributed by atoms with E-state index in [9.17, 15) is 13.2 Å². The molecule has 1 aromatic rings. The molecule has 0 atom stereocenters. The molecule has 5 heteroatoms. The molecular weight excluding hydrogens is 395 g/mol. The average molecular weight is 398 g/mol. The molecule has 0 amide bonds. The zero-order valence-electron chi connectivity index (χ0n) is 5.62. The Morgan fingerprint density at radius 3 is 2.17 bits per heavy atom. The molecule has 0 spiro atoms. The monoisotopic (exact) mass is 398 g/mol. The molecule has 1 aromatic carbocycles. The summed E-state index contributed by atoms with van der Waals surface area (Å²) in [6, 6.07) is 2.28. The standard InChI is InChI=1S/C7H3F3I2/c8-4-1-3(7(9)10)5(11)2-6(4)12/h1-2,7H. The van der Waals surface area contributed by atoms with E-state index in [2.05, 4.69) is 0 Å². The number of halogens is 5. The molecule has 0 unspecified atom stereocenters. The van der Waals surface area contributed by atoms with Crippen molar-refractivity contribution < 1.29 is 13.2 Å². The molecule has 12 heavy (non-hydrogen) atoms. The first-order valence-electron chi connectivity index (χ1n) is 2.95. The van der Waals surface area contributed by atoms with Gasteiger partial charge < -0.3 is 0 Å². The van der Waals surface area contributed by atoms with Crippen LogP contribution in [-0.4, -0.2) is 0 Å². The molecule has 0 heterocycles. The van der Waals surface area contributed by atoms with E-state index >= 15 is 0 Å². The van der Waals surface area contributed by atoms with Crippen molar-refractivity contribution in [3.05, 3.63) is 30.7 Å². The average Bonchev–Trinajstić information content (AvgIpc) is 1.96. The summed E-state index contributed by atoms with van der Waals surface area (Å²) >= 11 is 3.53. The zero-order valence-corrected chi connectivity index (χ0v) is 9.94. The first kappa shape index (κ1) is 10.6. The second-order valence-corrected chi connectivity index (χ2v) is 4.41. The van der Waals surface area contributed by atoms with Crippen molar-refractivity contribution in [1.82, 2.24) is 0 Å². The number of hydrogen-bond acceptors (Lipinski definition) is 0. The van der Waals surface area contributed by atoms with Gasteiger partial charge in [-0.05, 0) is 57.3 Å². The highest BCUT2D eigenvalue weighted by atomic mass is 127. The SMILES string of the molecule is Fc1cc(C(F)F)c(I)cc1I. The third kappa shape index (κ3) is 2.24. The minimum absolute atomic E-state index is 0.242. The van der Waals surface area contributed by atoms with Crippen molar-refractivity contribution >= 4 is 45.2 Å². The van der Waals surface area contributed by atoms with E-state index in [1.165, 1.54) is 6.07 Å². The molecule has 0 nitrogen and oxygen atoms in total. The van der Waals surface area contributed by atoms with E-state index in [-0.39, 0.29) is 5.56 Å². The summed E-state index contributed by atoms with van der Waals surface area (Å²) < 4.78 is 37.9. The fourth-order valence-corrected chi connectivity index (χ4v) is 2.47. The fraction of sp³-hybridized carbons (Fsp3) is 0.143. The van der Waals surface area contributed by atoms with Crippen LogP contribution in [0.4, 0.5) is 13.2 Å². The van der Waals surface area contributed by atoms with Gasteiger partial charge in [0.05, 0.1) is 0 Å². The summed E-state index contributed by atoms with van der Waals surface area (Å²) in [5, 5.41) is 0. The van der Waals surface area contributed by atoms with Crippen molar-refractivity contribution in [3.8, 4) is 0 Å². The molecule has 0 aliphatic heterocycles. The normalized spacial score (nSPS) is 10.8. The van der Waals surface area contributed by atoms with Crippen LogP contribution in [0.25, 0.3) is 0 Å². The quantitative estimate of drug-likeness (QED) is 0.497. The van der Waals surface area contributed by atoms with Gasteiger partial charge in [-0.25, -0.2) is 13.2 Å². The predicted molar refractivity (Wildman–Crippen MR) is 56.8 cm³/mol. The molecule has 0 aliphatic rings. The maximum Gasteiger partial charge on any atom is 0.264 e. The van der Waals surface area contributed by atoms with Gasteiger partial charge in [-0.1, -0.05) is 0 Å². The van der Waals surface area contributed by atoms with Crippen molar-refractivity contribution in [2.45, 2.75) is 6.43 Å². The Hall–Kier alpha value is 0.470. The summed E-state index contributed by atoms with van der Waals surface area (Å²) in [6.07, 6.45) is -2.61. The molecule has 0 saturated heterocycles. The van der Waals surface area contributed by atoms with Crippen molar-refractivity contribution in [3.63, 3.8) is 0 Å². The minimum Gasteiger partial charge on any atom is -0.206 e. The van der Waals surface area contributed by atoms with Crippen LogP contribution in [0.1, 0.15) is 12.0 Å². The van der Waals surface area contributed by atoms with Crippen LogP contribution >= 0.6 is 45.2 Å². The van der Waals surface area contributed by atoms with Gasteiger partial charge in [0.15, 0.2) is 0 Å². The van der Waals surface area contributed by atoms with E-state index in [1.807, 2.05) is 0 Å². The lowest BCUT2D eigenvalue weighted by Crippen LogP contribution is -1.93. The van der Waals surface area contributed by atoms with Crippen LogP contribution in [0, 0.1) is 13.0 Å². The summed E-state index contributed by atoms with van der Waals surface area (Å²) in [7, 11) is 0. The Morgan fingerprint density at radius 2 is 1.67 bits per heavy atom. The van der Waals surface area contributed by atoms with E-state index in [0.29, 0.717) is 7.14 Å². The minimum atomic E-state index is -2.61. The molecule has 0 aliphatic carbocycles. The summed E-state index contributed by atoms with van der Waals surface area (Å²) in [5.41, 5.74) is -0.242. The molecule has 0 N–H and O–H groups in total. The molecule has 66 valence electrons. The summed E-state index contributed by atoms with van der Waals surface area (Å²) in [5.74, 6) is -0.591. The Morgan fingerprint density at radius 1 is 1.08 bits per heavy atom. The van der Waals surface area contributed by atoms with Gasteiger partial charge in [-0.2, -0.15) is 0 Å². The first-order valence-corrected chi connectivity index (χ1v) is 5.10. The maximum absolute atomic E-state index is 12.8. The van der Waals surface area contributed by atoms with Crippen molar-refractivity contribution in [1.29, 1.82) is 0 Å². The Kier molecular flexibility index (Phi) is 3.62. The number of rotatable bonds is 1. The van der Waals surface area contributed by atoms with Crippen LogP contribution in [0.2, 0.25) is 0 Å². The van der Waals surface area contributed by atoms with Gasteiger partial charge in [0.1, 0.15) is 5.82 Å². The molecule has 0 radical (unpaired) electrons. The topological polar surface area (TPSA) is 0 Å². The fourth-order valence-electron chi connectivity index (χ4n) is 0.705. The Bertz CT molecular complexity index is 299. The van der Waals surface area contributed by atoms with Gasteiger partial charge >= 0.3 is 0 Å². The highest BCUT2D eigenvalue weighted by Crippen LogP contribution is 2.27. The number of alkyl halides is 2. The lowest BCUT2D eigenvalue weighted by Gasteiger charge is -2.03. The third-order valence-corrected chi connectivity index (χ3v) is 3.04. The van der Waals surface area contributed by atoms with E-state index in [0.717, 1.165) is 6.07 Å². The van der Waals surface area contributed by atoms with Crippen LogP contribution in [0.3, 0.4) is 0 Å². The highest BCUT2D eigenvalue weighted by molar-refractivity contribution is 14.1. The second kappa shape index (κ2) is 4.12. The second-order valence-electron chi connectivity index (χ2n) is 2.09. The zero-order chi connectivity index (χ0) is 9.30. The van der Waals surface area contributed by atoms with Gasteiger partial charge in [-0.3, -0.25) is 0 Å². The van der Waals surface area contributed by atoms with Crippen LogP contribution in [0.5, 0.6) is 0 Å². The largest absolute Gasteiger partial charge is 0.264 e. The van der Waals surface area contributed by atoms with Crippen LogP contribution < -0.4 is 0 Å². The van der Waals surface area contributed by atoms with Crippen LogP contribution in [0.15, 0.2) is 12.1 Å². The highest BCUT2D eigenvalue weighted by Gasteiger charge is 2.14. The van der Waals surface area contributed by atoms with E-state index in [1.54, 1.807) is 45.2 Å². The van der Waals surface area contributed by atoms with Gasteiger partial charge in [0, 0.05) is 12.7 Å². The van der Waals surface area contributed by atoms with Crippen LogP contribution in [-0.2, 0) is 0 Å². The first-order chi connectivity index (χ1) is 5.52. The van der Waals surface area contributed by atoms with E-state index in [4.69, 9.17) is 0 Å². The third-order valence-electron chi connectivity index (χ3n) is 1.27. The maximum atomic E-state index is 12.8. The lowest BCUT2D eigenvalue weighted by atomic mass is 10.2. The smallest absolute Gasteiger partial charge is 0.206 e. The summed E-state index contributed by atoms with van der Waals surface area (Å²) in [6.45, 7) is 0. The predicted octanol–water partition coefficient (Wildman–Crippen LogP) is 3.97. The molecule has 1 rings (SSSR count). The molecular formula is C7H3F3I2. The molecule has 0 bridgehead atoms. The molecule has 0 aromatic heterocycles. The lowest BCUT2D eigenvalue weighted by molar-refractivity contribution is 0.150. The molecule has 0 fully saturated rings. The van der Waals surface area contributed by atoms with Crippen molar-refractivity contribution in [2.24, 2.45) is 0 Å². The van der Waals surface area contributed by atoms with Crippen molar-refractivity contribution in [2.75, 3.05) is 0 Å². The number of benzene rings is 1. The Labute approximate surface area is 94.8 Å². The Balaban J connectivity index is 3.23. The molecule has 0 saturated carbocycles. The van der Waals surface area contributed by atoms with Gasteiger partial charge in [-0.15, -0.1) is 0 Å². The van der Waals surface area contributed by atoms with Gasteiger partial charge in [0.25, 0.3) is 6.43 Å². The van der Waals surface area contributed by atoms with E-state index < -0.39 is 12.2 Å².